The fourth-order valence-corrected chi connectivity index (χ4v) is 3.81. The van der Waals surface area contributed by atoms with E-state index < -0.39 is 0 Å². The summed E-state index contributed by atoms with van der Waals surface area (Å²) in [5, 5.41) is 10.7. The van der Waals surface area contributed by atoms with Crippen LogP contribution in [0.15, 0.2) is 12.4 Å². The third kappa shape index (κ3) is 3.52. The summed E-state index contributed by atoms with van der Waals surface area (Å²) >= 11 is 1.66. The van der Waals surface area contributed by atoms with E-state index >= 15 is 0 Å². The number of carbonyl (C=O) groups is 1. The fourth-order valence-electron chi connectivity index (χ4n) is 2.93. The van der Waals surface area contributed by atoms with Crippen molar-refractivity contribution in [3.8, 4) is 0 Å². The zero-order valence-electron chi connectivity index (χ0n) is 13.5. The number of hydrogen-bond acceptors (Lipinski definition) is 6. The summed E-state index contributed by atoms with van der Waals surface area (Å²) in [6.07, 6.45) is 5.69. The van der Waals surface area contributed by atoms with Crippen molar-refractivity contribution >= 4 is 22.4 Å². The van der Waals surface area contributed by atoms with Crippen LogP contribution in [-0.4, -0.2) is 38.7 Å². The van der Waals surface area contributed by atoms with Gasteiger partial charge in [0.25, 0.3) is 0 Å². The highest BCUT2D eigenvalue weighted by Gasteiger charge is 2.27. The smallest absolute Gasteiger partial charge is 0.237 e. The van der Waals surface area contributed by atoms with Crippen LogP contribution in [0.2, 0.25) is 0 Å². The van der Waals surface area contributed by atoms with E-state index in [1.165, 1.54) is 0 Å². The average Bonchev–Trinajstić information content (AvgIpc) is 3.15. The number of nitrogens with zero attached hydrogens (tertiary/aromatic N) is 5. The summed E-state index contributed by atoms with van der Waals surface area (Å²) in [6.45, 7) is 6.28. The Morgan fingerprint density at radius 3 is 3.00 bits per heavy atom. The monoisotopic (exact) mass is 334 g/mol. The van der Waals surface area contributed by atoms with Crippen LogP contribution in [0.25, 0.3) is 0 Å². The Morgan fingerprint density at radius 1 is 1.48 bits per heavy atom. The van der Waals surface area contributed by atoms with Crippen LogP contribution >= 0.6 is 11.3 Å². The van der Waals surface area contributed by atoms with Gasteiger partial charge in [-0.1, -0.05) is 25.2 Å². The summed E-state index contributed by atoms with van der Waals surface area (Å²) in [4.78, 5) is 17.9. The Labute approximate surface area is 139 Å². The number of primary amides is 1. The highest BCUT2D eigenvalue weighted by Crippen LogP contribution is 2.32. The lowest BCUT2D eigenvalue weighted by molar-refractivity contribution is -0.118. The quantitative estimate of drug-likeness (QED) is 0.899. The molecule has 2 aromatic rings. The Kier molecular flexibility index (Phi) is 4.61. The van der Waals surface area contributed by atoms with Crippen LogP contribution in [0.1, 0.15) is 49.4 Å². The zero-order valence-corrected chi connectivity index (χ0v) is 14.3. The highest BCUT2D eigenvalue weighted by atomic mass is 32.1. The molecule has 1 aliphatic rings. The van der Waals surface area contributed by atoms with Crippen LogP contribution < -0.4 is 10.6 Å². The van der Waals surface area contributed by atoms with Gasteiger partial charge in [0.05, 0.1) is 0 Å². The van der Waals surface area contributed by atoms with Gasteiger partial charge in [-0.15, -0.1) is 10.2 Å². The van der Waals surface area contributed by atoms with Gasteiger partial charge < -0.3 is 15.2 Å². The van der Waals surface area contributed by atoms with Gasteiger partial charge in [0.15, 0.2) is 0 Å². The van der Waals surface area contributed by atoms with E-state index in [-0.39, 0.29) is 18.4 Å². The summed E-state index contributed by atoms with van der Waals surface area (Å²) in [6, 6.07) is 0. The van der Waals surface area contributed by atoms with Crippen molar-refractivity contribution in [3.05, 3.63) is 23.2 Å². The second-order valence-electron chi connectivity index (χ2n) is 6.24. The lowest BCUT2D eigenvalue weighted by Crippen LogP contribution is -2.35. The first-order valence-corrected chi connectivity index (χ1v) is 8.74. The Bertz CT molecular complexity index is 679. The lowest BCUT2D eigenvalue weighted by atomic mass is 9.97. The Morgan fingerprint density at radius 2 is 2.30 bits per heavy atom. The Balaban J connectivity index is 1.75. The van der Waals surface area contributed by atoms with E-state index in [2.05, 4.69) is 33.9 Å². The van der Waals surface area contributed by atoms with E-state index in [0.717, 1.165) is 41.9 Å². The molecule has 8 heteroatoms. The standard InChI is InChI=1S/C15H22N6OS/c1-10(2)14-18-19-15(23-14)21-6-3-4-11(8-21)13-17-5-7-20(13)9-12(16)22/h5,7,10-11H,3-4,6,8-9H2,1-2H3,(H2,16,22)/t11-/m1/s1. The minimum Gasteiger partial charge on any atom is -0.368 e. The van der Waals surface area contributed by atoms with E-state index in [4.69, 9.17) is 5.73 Å². The van der Waals surface area contributed by atoms with Gasteiger partial charge in [-0.25, -0.2) is 4.98 Å². The summed E-state index contributed by atoms with van der Waals surface area (Å²) < 4.78 is 1.86. The summed E-state index contributed by atoms with van der Waals surface area (Å²) in [5.74, 6) is 1.27. The van der Waals surface area contributed by atoms with Crippen LogP contribution in [0.5, 0.6) is 0 Å². The number of amides is 1. The first-order valence-electron chi connectivity index (χ1n) is 7.92. The third-order valence-corrected chi connectivity index (χ3v) is 5.34. The molecular weight excluding hydrogens is 312 g/mol. The summed E-state index contributed by atoms with van der Waals surface area (Å²) in [5.41, 5.74) is 5.32. The number of anilines is 1. The molecular formula is C15H22N6OS. The number of hydrogen-bond donors (Lipinski definition) is 1. The van der Waals surface area contributed by atoms with Crippen LogP contribution in [-0.2, 0) is 11.3 Å². The number of piperidine rings is 1. The average molecular weight is 334 g/mol. The number of carbonyl (C=O) groups excluding carboxylic acids is 1. The normalized spacial score (nSPS) is 18.6. The second-order valence-corrected chi connectivity index (χ2v) is 7.23. The van der Waals surface area contributed by atoms with Gasteiger partial charge in [-0.3, -0.25) is 4.79 Å². The molecule has 1 aliphatic heterocycles. The van der Waals surface area contributed by atoms with Crippen LogP contribution in [0, 0.1) is 0 Å². The second kappa shape index (κ2) is 6.66. The number of aromatic nitrogens is 4. The predicted molar refractivity (Wildman–Crippen MR) is 89.6 cm³/mol. The van der Waals surface area contributed by atoms with Crippen molar-refractivity contribution in [1.29, 1.82) is 0 Å². The summed E-state index contributed by atoms with van der Waals surface area (Å²) in [7, 11) is 0. The molecule has 2 N–H and O–H groups in total. The van der Waals surface area contributed by atoms with Crippen molar-refractivity contribution in [2.45, 2.75) is 45.1 Å². The molecule has 0 aliphatic carbocycles. The first-order chi connectivity index (χ1) is 11.0. The molecule has 1 fully saturated rings. The number of rotatable bonds is 5. The highest BCUT2D eigenvalue weighted by molar-refractivity contribution is 7.15. The molecule has 0 spiro atoms. The van der Waals surface area contributed by atoms with Gasteiger partial charge in [-0.2, -0.15) is 0 Å². The van der Waals surface area contributed by atoms with Gasteiger partial charge in [0, 0.05) is 37.3 Å². The van der Waals surface area contributed by atoms with Crippen LogP contribution in [0.3, 0.4) is 0 Å². The predicted octanol–water partition coefficient (Wildman–Crippen LogP) is 1.73. The first kappa shape index (κ1) is 15.9. The van der Waals surface area contributed by atoms with Crippen molar-refractivity contribution < 1.29 is 4.79 Å². The molecule has 3 rings (SSSR count). The number of nitrogens with two attached hydrogens (primary N) is 1. The maximum absolute atomic E-state index is 11.2. The van der Waals surface area contributed by atoms with Crippen molar-refractivity contribution in [3.63, 3.8) is 0 Å². The van der Waals surface area contributed by atoms with E-state index in [9.17, 15) is 4.79 Å². The SMILES string of the molecule is CC(C)c1nnc(N2CCC[C@@H](c3nccn3CC(N)=O)C2)s1. The molecule has 0 bridgehead atoms. The molecule has 0 unspecified atom stereocenters. The van der Waals surface area contributed by atoms with Gasteiger partial charge in [0.2, 0.25) is 11.0 Å². The molecule has 124 valence electrons. The maximum atomic E-state index is 11.2. The van der Waals surface area contributed by atoms with Crippen molar-refractivity contribution in [2.75, 3.05) is 18.0 Å². The van der Waals surface area contributed by atoms with Crippen molar-refractivity contribution in [1.82, 2.24) is 19.7 Å². The topological polar surface area (TPSA) is 89.9 Å². The molecule has 1 atom stereocenters. The lowest BCUT2D eigenvalue weighted by Gasteiger charge is -2.32. The maximum Gasteiger partial charge on any atom is 0.237 e. The third-order valence-electron chi connectivity index (χ3n) is 4.05. The van der Waals surface area contributed by atoms with E-state index in [1.54, 1.807) is 17.5 Å². The Hall–Kier alpha value is -1.96. The zero-order chi connectivity index (χ0) is 16.4. The minimum absolute atomic E-state index is 0.183. The van der Waals surface area contributed by atoms with Gasteiger partial charge >= 0.3 is 0 Å². The molecule has 23 heavy (non-hydrogen) atoms. The molecule has 0 aromatic carbocycles. The molecule has 3 heterocycles. The molecule has 2 aromatic heterocycles. The van der Waals surface area contributed by atoms with Gasteiger partial charge in [-0.05, 0) is 12.8 Å². The minimum atomic E-state index is -0.345. The van der Waals surface area contributed by atoms with Gasteiger partial charge in [0.1, 0.15) is 17.4 Å². The molecule has 7 nitrogen and oxygen atoms in total. The number of imidazole rings is 1. The van der Waals surface area contributed by atoms with Crippen molar-refractivity contribution in [2.24, 2.45) is 5.73 Å². The molecule has 0 saturated carbocycles. The molecule has 0 radical (unpaired) electrons. The largest absolute Gasteiger partial charge is 0.368 e. The molecule has 1 amide bonds. The molecule has 1 saturated heterocycles. The van der Waals surface area contributed by atoms with Crippen LogP contribution in [0.4, 0.5) is 5.13 Å². The van der Waals surface area contributed by atoms with E-state index in [1.807, 2.05) is 10.8 Å². The van der Waals surface area contributed by atoms with E-state index in [0.29, 0.717) is 5.92 Å². The fraction of sp³-hybridized carbons (Fsp3) is 0.600.